The lowest BCUT2D eigenvalue weighted by Gasteiger charge is -2.13. The number of hydrogen-bond acceptors (Lipinski definition) is 2. The van der Waals surface area contributed by atoms with Crippen LogP contribution in [-0.2, 0) is 11.2 Å². The molecule has 1 rings (SSSR count). The van der Waals surface area contributed by atoms with Gasteiger partial charge in [0.1, 0.15) is 6.04 Å². The lowest BCUT2D eigenvalue weighted by atomic mass is 10.1. The van der Waals surface area contributed by atoms with Crippen molar-refractivity contribution in [1.82, 2.24) is 5.32 Å². The minimum Gasteiger partial charge on any atom is -0.480 e. The summed E-state index contributed by atoms with van der Waals surface area (Å²) in [5.74, 6) is -0.275. The second-order valence-electron chi connectivity index (χ2n) is 3.58. The average molecular weight is 242 g/mol. The van der Waals surface area contributed by atoms with Crippen molar-refractivity contribution in [2.45, 2.75) is 18.9 Å². The van der Waals surface area contributed by atoms with Crippen LogP contribution in [0.4, 0.5) is 0 Å². The monoisotopic (exact) mass is 241 g/mol. The molecule has 1 aromatic rings. The number of halogens is 1. The summed E-state index contributed by atoms with van der Waals surface area (Å²) in [6, 6.07) is 9.06. The maximum atomic E-state index is 11.0. The molecule has 3 nitrogen and oxygen atoms in total. The highest BCUT2D eigenvalue weighted by Crippen LogP contribution is 2.03. The summed E-state index contributed by atoms with van der Waals surface area (Å²) in [6.45, 7) is 0.632. The van der Waals surface area contributed by atoms with Gasteiger partial charge in [0, 0.05) is 5.88 Å². The number of hydrogen-bond donors (Lipinski definition) is 2. The Morgan fingerprint density at radius 1 is 1.38 bits per heavy atom. The molecule has 88 valence electrons. The molecule has 0 spiro atoms. The number of carbonyl (C=O) groups is 1. The number of benzene rings is 1. The normalized spacial score (nSPS) is 12.3. The summed E-state index contributed by atoms with van der Waals surface area (Å²) in [5, 5.41) is 12.0. The molecule has 0 aliphatic rings. The van der Waals surface area contributed by atoms with Gasteiger partial charge in [-0.05, 0) is 24.9 Å². The first kappa shape index (κ1) is 13.0. The Balaban J connectivity index is 2.48. The molecule has 4 heteroatoms. The van der Waals surface area contributed by atoms with Gasteiger partial charge in [-0.3, -0.25) is 4.79 Å². The van der Waals surface area contributed by atoms with Crippen LogP contribution in [-0.4, -0.2) is 29.5 Å². The molecule has 0 heterocycles. The van der Waals surface area contributed by atoms with Gasteiger partial charge in [0.2, 0.25) is 0 Å². The summed E-state index contributed by atoms with van der Waals surface area (Å²) in [5.41, 5.74) is 1.02. The second-order valence-corrected chi connectivity index (χ2v) is 3.96. The Kier molecular flexibility index (Phi) is 5.90. The molecular weight excluding hydrogens is 226 g/mol. The van der Waals surface area contributed by atoms with Gasteiger partial charge >= 0.3 is 5.97 Å². The summed E-state index contributed by atoms with van der Waals surface area (Å²) in [7, 11) is 0. The molecule has 0 saturated heterocycles. The van der Waals surface area contributed by atoms with Crippen LogP contribution in [0.3, 0.4) is 0 Å². The number of alkyl halides is 1. The molecule has 0 aliphatic heterocycles. The summed E-state index contributed by atoms with van der Waals surface area (Å²) in [6.07, 6.45) is 1.28. The maximum Gasteiger partial charge on any atom is 0.321 e. The fourth-order valence-corrected chi connectivity index (χ4v) is 1.57. The van der Waals surface area contributed by atoms with E-state index in [1.54, 1.807) is 0 Å². The fourth-order valence-electron chi connectivity index (χ4n) is 1.44. The van der Waals surface area contributed by atoms with Crippen molar-refractivity contribution in [2.24, 2.45) is 0 Å². The molecule has 0 radical (unpaired) electrons. The van der Waals surface area contributed by atoms with Crippen molar-refractivity contribution in [1.29, 1.82) is 0 Å². The molecule has 0 unspecified atom stereocenters. The highest BCUT2D eigenvalue weighted by molar-refractivity contribution is 6.17. The first-order chi connectivity index (χ1) is 7.74. The standard InChI is InChI=1S/C12H16ClNO2/c13-7-4-8-14-11(12(15)16)9-10-5-2-1-3-6-10/h1-3,5-6,11,14H,4,7-9H2,(H,15,16)/t11-/m0/s1. The van der Waals surface area contributed by atoms with Gasteiger partial charge in [0.15, 0.2) is 0 Å². The van der Waals surface area contributed by atoms with Crippen LogP contribution in [0.25, 0.3) is 0 Å². The molecule has 1 aromatic carbocycles. The highest BCUT2D eigenvalue weighted by Gasteiger charge is 2.16. The van der Waals surface area contributed by atoms with E-state index in [2.05, 4.69) is 5.32 Å². The van der Waals surface area contributed by atoms with Crippen LogP contribution in [0.15, 0.2) is 30.3 Å². The van der Waals surface area contributed by atoms with E-state index >= 15 is 0 Å². The second kappa shape index (κ2) is 7.25. The molecule has 0 amide bonds. The van der Waals surface area contributed by atoms with Crippen molar-refractivity contribution in [2.75, 3.05) is 12.4 Å². The van der Waals surface area contributed by atoms with Gasteiger partial charge in [-0.25, -0.2) is 0 Å². The Morgan fingerprint density at radius 2 is 2.06 bits per heavy atom. The third kappa shape index (κ3) is 4.64. The zero-order valence-corrected chi connectivity index (χ0v) is 9.78. The first-order valence-electron chi connectivity index (χ1n) is 5.30. The van der Waals surface area contributed by atoms with E-state index in [9.17, 15) is 4.79 Å². The third-order valence-electron chi connectivity index (χ3n) is 2.28. The molecule has 2 N–H and O–H groups in total. The Hall–Kier alpha value is -1.06. The third-order valence-corrected chi connectivity index (χ3v) is 2.55. The molecular formula is C12H16ClNO2. The highest BCUT2D eigenvalue weighted by atomic mass is 35.5. The van der Waals surface area contributed by atoms with E-state index in [0.29, 0.717) is 18.8 Å². The number of rotatable bonds is 7. The van der Waals surface area contributed by atoms with Gasteiger partial charge < -0.3 is 10.4 Å². The van der Waals surface area contributed by atoms with Crippen LogP contribution < -0.4 is 5.32 Å². The van der Waals surface area contributed by atoms with Crippen LogP contribution in [0.5, 0.6) is 0 Å². The summed E-state index contributed by atoms with van der Waals surface area (Å²) in [4.78, 5) is 11.0. The SMILES string of the molecule is O=C(O)[C@H](Cc1ccccc1)NCCCCl. The van der Waals surface area contributed by atoms with Gasteiger partial charge in [-0.15, -0.1) is 11.6 Å². The van der Waals surface area contributed by atoms with Gasteiger partial charge in [-0.1, -0.05) is 30.3 Å². The van der Waals surface area contributed by atoms with E-state index in [-0.39, 0.29) is 0 Å². The molecule has 0 bridgehead atoms. The minimum atomic E-state index is -0.821. The Labute approximate surface area is 100 Å². The van der Waals surface area contributed by atoms with Crippen molar-refractivity contribution >= 4 is 17.6 Å². The maximum absolute atomic E-state index is 11.0. The number of carboxylic acid groups (broad SMARTS) is 1. The van der Waals surface area contributed by atoms with Crippen molar-refractivity contribution in [3.05, 3.63) is 35.9 Å². The number of carboxylic acids is 1. The van der Waals surface area contributed by atoms with E-state index in [0.717, 1.165) is 12.0 Å². The topological polar surface area (TPSA) is 49.3 Å². The molecule has 1 atom stereocenters. The van der Waals surface area contributed by atoms with E-state index in [1.807, 2.05) is 30.3 Å². The molecule has 0 aromatic heterocycles. The number of aliphatic carboxylic acids is 1. The summed E-state index contributed by atoms with van der Waals surface area (Å²) >= 11 is 5.54. The van der Waals surface area contributed by atoms with Gasteiger partial charge in [0.25, 0.3) is 0 Å². The molecule has 0 aliphatic carbocycles. The van der Waals surface area contributed by atoms with Crippen molar-refractivity contribution < 1.29 is 9.90 Å². The zero-order valence-electron chi connectivity index (χ0n) is 9.03. The largest absolute Gasteiger partial charge is 0.480 e. The van der Waals surface area contributed by atoms with Crippen LogP contribution in [0.1, 0.15) is 12.0 Å². The molecule has 16 heavy (non-hydrogen) atoms. The van der Waals surface area contributed by atoms with Gasteiger partial charge in [-0.2, -0.15) is 0 Å². The molecule has 0 saturated carbocycles. The lowest BCUT2D eigenvalue weighted by Crippen LogP contribution is -2.39. The smallest absolute Gasteiger partial charge is 0.321 e. The zero-order chi connectivity index (χ0) is 11.8. The lowest BCUT2D eigenvalue weighted by molar-refractivity contribution is -0.139. The minimum absolute atomic E-state index is 0.498. The Bertz CT molecular complexity index is 316. The van der Waals surface area contributed by atoms with E-state index < -0.39 is 12.0 Å². The molecule has 0 fully saturated rings. The fraction of sp³-hybridized carbons (Fsp3) is 0.417. The Morgan fingerprint density at radius 3 is 2.62 bits per heavy atom. The number of nitrogens with one attached hydrogen (secondary N) is 1. The van der Waals surface area contributed by atoms with Crippen molar-refractivity contribution in [3.63, 3.8) is 0 Å². The predicted molar refractivity (Wildman–Crippen MR) is 64.9 cm³/mol. The van der Waals surface area contributed by atoms with Gasteiger partial charge in [0.05, 0.1) is 0 Å². The van der Waals surface area contributed by atoms with E-state index in [4.69, 9.17) is 16.7 Å². The first-order valence-corrected chi connectivity index (χ1v) is 5.83. The summed E-state index contributed by atoms with van der Waals surface area (Å²) < 4.78 is 0. The predicted octanol–water partition coefficient (Wildman–Crippen LogP) is 1.90. The van der Waals surface area contributed by atoms with Crippen LogP contribution >= 0.6 is 11.6 Å². The van der Waals surface area contributed by atoms with Crippen LogP contribution in [0.2, 0.25) is 0 Å². The van der Waals surface area contributed by atoms with E-state index in [1.165, 1.54) is 0 Å². The van der Waals surface area contributed by atoms with Crippen molar-refractivity contribution in [3.8, 4) is 0 Å². The average Bonchev–Trinajstić information content (AvgIpc) is 2.29. The quantitative estimate of drug-likeness (QED) is 0.566. The van der Waals surface area contributed by atoms with Crippen LogP contribution in [0, 0.1) is 0 Å².